The van der Waals surface area contributed by atoms with Crippen molar-refractivity contribution < 1.29 is 0 Å². The standard InChI is InChI=1S/C13H15N3S/c17-13(16-12-7-8-14-10-12)15-9-6-11-4-2-1-3-5-11/h1-5,7-8,10,14H,6,9H2,(H2,15,16,17). The first-order chi connectivity index (χ1) is 8.34. The van der Waals surface area contributed by atoms with Gasteiger partial charge in [0.05, 0.1) is 5.69 Å². The van der Waals surface area contributed by atoms with Gasteiger partial charge in [-0.25, -0.2) is 0 Å². The van der Waals surface area contributed by atoms with Gasteiger partial charge < -0.3 is 15.6 Å². The van der Waals surface area contributed by atoms with E-state index in [1.54, 1.807) is 0 Å². The van der Waals surface area contributed by atoms with E-state index in [4.69, 9.17) is 12.2 Å². The number of thiocarbonyl (C=S) groups is 1. The summed E-state index contributed by atoms with van der Waals surface area (Å²) in [6.07, 6.45) is 4.69. The van der Waals surface area contributed by atoms with Crippen molar-refractivity contribution in [1.82, 2.24) is 10.3 Å². The van der Waals surface area contributed by atoms with E-state index in [1.807, 2.05) is 36.7 Å². The fourth-order valence-corrected chi connectivity index (χ4v) is 1.76. The topological polar surface area (TPSA) is 39.8 Å². The fourth-order valence-electron chi connectivity index (χ4n) is 1.54. The molecule has 0 unspecified atom stereocenters. The number of H-pyrrole nitrogens is 1. The largest absolute Gasteiger partial charge is 0.366 e. The van der Waals surface area contributed by atoms with Crippen LogP contribution in [0.5, 0.6) is 0 Å². The molecule has 1 heterocycles. The molecule has 17 heavy (non-hydrogen) atoms. The lowest BCUT2D eigenvalue weighted by molar-refractivity contribution is 0.873. The Morgan fingerprint density at radius 3 is 2.71 bits per heavy atom. The quantitative estimate of drug-likeness (QED) is 0.725. The van der Waals surface area contributed by atoms with Crippen molar-refractivity contribution in [3.8, 4) is 0 Å². The van der Waals surface area contributed by atoms with Crippen LogP contribution in [0.3, 0.4) is 0 Å². The SMILES string of the molecule is S=C(NCCc1ccccc1)Nc1cc[nH]c1. The zero-order valence-corrected chi connectivity index (χ0v) is 10.3. The summed E-state index contributed by atoms with van der Waals surface area (Å²) >= 11 is 5.18. The molecule has 2 aromatic rings. The molecule has 0 fully saturated rings. The molecule has 0 atom stereocenters. The second-order valence-corrected chi connectivity index (χ2v) is 4.12. The number of hydrogen-bond donors (Lipinski definition) is 3. The first-order valence-corrected chi connectivity index (χ1v) is 5.97. The molecule has 1 aromatic carbocycles. The van der Waals surface area contributed by atoms with Gasteiger partial charge in [0.25, 0.3) is 0 Å². The summed E-state index contributed by atoms with van der Waals surface area (Å²) in [5, 5.41) is 6.93. The van der Waals surface area contributed by atoms with Crippen molar-refractivity contribution in [3.63, 3.8) is 0 Å². The molecule has 0 spiro atoms. The summed E-state index contributed by atoms with van der Waals surface area (Å²) in [5.41, 5.74) is 2.28. The lowest BCUT2D eigenvalue weighted by Gasteiger charge is -2.08. The van der Waals surface area contributed by atoms with E-state index in [1.165, 1.54) is 5.56 Å². The molecule has 0 bridgehead atoms. The Hall–Kier alpha value is -1.81. The Kier molecular flexibility index (Phi) is 4.16. The van der Waals surface area contributed by atoms with Crippen molar-refractivity contribution in [2.75, 3.05) is 11.9 Å². The Balaban J connectivity index is 1.70. The van der Waals surface area contributed by atoms with Gasteiger partial charge in [0, 0.05) is 18.9 Å². The average molecular weight is 245 g/mol. The summed E-state index contributed by atoms with van der Waals surface area (Å²) in [7, 11) is 0. The molecule has 0 saturated heterocycles. The lowest BCUT2D eigenvalue weighted by Crippen LogP contribution is -2.30. The first kappa shape index (κ1) is 11.7. The molecule has 0 saturated carbocycles. The molecule has 3 N–H and O–H groups in total. The van der Waals surface area contributed by atoms with E-state index >= 15 is 0 Å². The zero-order chi connectivity index (χ0) is 11.9. The van der Waals surface area contributed by atoms with Crippen LogP contribution in [0.4, 0.5) is 5.69 Å². The van der Waals surface area contributed by atoms with Crippen molar-refractivity contribution in [2.24, 2.45) is 0 Å². The number of anilines is 1. The summed E-state index contributed by atoms with van der Waals surface area (Å²) in [6, 6.07) is 12.3. The van der Waals surface area contributed by atoms with Crippen LogP contribution in [0.25, 0.3) is 0 Å². The highest BCUT2D eigenvalue weighted by Gasteiger charge is 1.97. The maximum absolute atomic E-state index is 5.18. The minimum Gasteiger partial charge on any atom is -0.366 e. The molecule has 0 aliphatic heterocycles. The molecule has 0 radical (unpaired) electrons. The van der Waals surface area contributed by atoms with Gasteiger partial charge in [0.2, 0.25) is 0 Å². The maximum Gasteiger partial charge on any atom is 0.170 e. The van der Waals surface area contributed by atoms with Crippen LogP contribution in [0, 0.1) is 0 Å². The number of benzene rings is 1. The Bertz CT molecular complexity index is 451. The number of hydrogen-bond acceptors (Lipinski definition) is 1. The van der Waals surface area contributed by atoms with E-state index < -0.39 is 0 Å². The number of nitrogens with one attached hydrogen (secondary N) is 3. The van der Waals surface area contributed by atoms with Gasteiger partial charge in [-0.05, 0) is 30.3 Å². The second kappa shape index (κ2) is 6.06. The number of aromatic nitrogens is 1. The fraction of sp³-hybridized carbons (Fsp3) is 0.154. The predicted molar refractivity (Wildman–Crippen MR) is 75.2 cm³/mol. The monoisotopic (exact) mass is 245 g/mol. The molecule has 0 amide bonds. The number of aromatic amines is 1. The van der Waals surface area contributed by atoms with Crippen LogP contribution in [0.1, 0.15) is 5.56 Å². The summed E-state index contributed by atoms with van der Waals surface area (Å²) in [5.74, 6) is 0. The minimum absolute atomic E-state index is 0.653. The minimum atomic E-state index is 0.653. The Labute approximate surface area is 106 Å². The van der Waals surface area contributed by atoms with Crippen molar-refractivity contribution in [3.05, 3.63) is 54.4 Å². The third-order valence-electron chi connectivity index (χ3n) is 2.40. The van der Waals surface area contributed by atoms with Crippen LogP contribution < -0.4 is 10.6 Å². The van der Waals surface area contributed by atoms with E-state index in [-0.39, 0.29) is 0 Å². The van der Waals surface area contributed by atoms with Crippen molar-refractivity contribution in [1.29, 1.82) is 0 Å². The van der Waals surface area contributed by atoms with E-state index in [0.29, 0.717) is 5.11 Å². The van der Waals surface area contributed by atoms with Crippen LogP contribution in [-0.2, 0) is 6.42 Å². The van der Waals surface area contributed by atoms with Gasteiger partial charge in [-0.2, -0.15) is 0 Å². The molecule has 0 aliphatic carbocycles. The van der Waals surface area contributed by atoms with Gasteiger partial charge in [0.1, 0.15) is 0 Å². The molecule has 0 aliphatic rings. The molecule has 2 rings (SSSR count). The van der Waals surface area contributed by atoms with Gasteiger partial charge in [-0.15, -0.1) is 0 Å². The predicted octanol–water partition coefficient (Wildman–Crippen LogP) is 2.54. The van der Waals surface area contributed by atoms with E-state index in [9.17, 15) is 0 Å². The van der Waals surface area contributed by atoms with E-state index in [2.05, 4.69) is 27.8 Å². The van der Waals surface area contributed by atoms with Gasteiger partial charge in [-0.3, -0.25) is 0 Å². The maximum atomic E-state index is 5.18. The molecule has 4 heteroatoms. The summed E-state index contributed by atoms with van der Waals surface area (Å²) < 4.78 is 0. The van der Waals surface area contributed by atoms with Gasteiger partial charge >= 0.3 is 0 Å². The van der Waals surface area contributed by atoms with Gasteiger partial charge in [-0.1, -0.05) is 30.3 Å². The highest BCUT2D eigenvalue weighted by atomic mass is 32.1. The highest BCUT2D eigenvalue weighted by Crippen LogP contribution is 2.03. The zero-order valence-electron chi connectivity index (χ0n) is 9.44. The molecule has 88 valence electrons. The lowest BCUT2D eigenvalue weighted by atomic mass is 10.1. The van der Waals surface area contributed by atoms with Crippen molar-refractivity contribution >= 4 is 23.0 Å². The first-order valence-electron chi connectivity index (χ1n) is 5.56. The third-order valence-corrected chi connectivity index (χ3v) is 2.64. The average Bonchev–Trinajstić information content (AvgIpc) is 2.83. The smallest absolute Gasteiger partial charge is 0.170 e. The van der Waals surface area contributed by atoms with Crippen LogP contribution in [-0.4, -0.2) is 16.6 Å². The molecular weight excluding hydrogens is 230 g/mol. The summed E-state index contributed by atoms with van der Waals surface area (Å²) in [6.45, 7) is 0.834. The van der Waals surface area contributed by atoms with Crippen molar-refractivity contribution in [2.45, 2.75) is 6.42 Å². The Morgan fingerprint density at radius 2 is 2.00 bits per heavy atom. The molecular formula is C13H15N3S. The Morgan fingerprint density at radius 1 is 1.18 bits per heavy atom. The van der Waals surface area contributed by atoms with Gasteiger partial charge in [0.15, 0.2) is 5.11 Å². The second-order valence-electron chi connectivity index (χ2n) is 3.72. The van der Waals surface area contributed by atoms with Crippen LogP contribution in [0.2, 0.25) is 0 Å². The summed E-state index contributed by atoms with van der Waals surface area (Å²) in [4.78, 5) is 2.97. The highest BCUT2D eigenvalue weighted by molar-refractivity contribution is 7.80. The van der Waals surface area contributed by atoms with Crippen LogP contribution >= 0.6 is 12.2 Å². The third kappa shape index (κ3) is 3.92. The molecule has 1 aromatic heterocycles. The normalized spacial score (nSPS) is 9.88. The molecule has 3 nitrogen and oxygen atoms in total. The van der Waals surface area contributed by atoms with E-state index in [0.717, 1.165) is 18.7 Å². The van der Waals surface area contributed by atoms with Crippen LogP contribution in [0.15, 0.2) is 48.8 Å². The number of rotatable bonds is 4.